The minimum Gasteiger partial charge on any atom is -0.312 e. The lowest BCUT2D eigenvalue weighted by atomic mass is 10.3. The number of rotatable bonds is 2. The Bertz CT molecular complexity index is 88.9. The van der Waals surface area contributed by atoms with E-state index in [9.17, 15) is 0 Å². The van der Waals surface area contributed by atoms with Gasteiger partial charge in [-0.25, -0.2) is 5.32 Å². The van der Waals surface area contributed by atoms with E-state index in [1.807, 2.05) is 0 Å². The minimum absolute atomic E-state index is 0.416. The van der Waals surface area contributed by atoms with E-state index in [4.69, 9.17) is 0 Å². The van der Waals surface area contributed by atoms with Crippen LogP contribution >= 0.6 is 0 Å². The summed E-state index contributed by atoms with van der Waals surface area (Å²) in [7, 11) is 2.11. The van der Waals surface area contributed by atoms with Crippen LogP contribution in [0.25, 0.3) is 0 Å². The van der Waals surface area contributed by atoms with Crippen molar-refractivity contribution < 1.29 is 0 Å². The van der Waals surface area contributed by atoms with Gasteiger partial charge in [0.1, 0.15) is 0 Å². The normalized spacial score (nSPS) is 27.3. The monoisotopic (exact) mass is 142 g/mol. The molecular weight excluding hydrogens is 126 g/mol. The third-order valence-corrected chi connectivity index (χ3v) is 1.96. The van der Waals surface area contributed by atoms with Crippen LogP contribution in [0.4, 0.5) is 0 Å². The molecule has 1 rings (SSSR count). The second-order valence-corrected chi connectivity index (χ2v) is 2.66. The fourth-order valence-corrected chi connectivity index (χ4v) is 1.09. The van der Waals surface area contributed by atoms with Gasteiger partial charge in [0.25, 0.3) is 0 Å². The second-order valence-electron chi connectivity index (χ2n) is 2.66. The Morgan fingerprint density at radius 1 is 1.70 bits per heavy atom. The standard InChI is InChI=1S/C7H16N3/c1-3-10(2)7-6-8-4-5-9-7/h7-8H,3-6H2,1-2H3. The molecule has 0 aromatic rings. The van der Waals surface area contributed by atoms with Gasteiger partial charge in [-0.1, -0.05) is 6.92 Å². The van der Waals surface area contributed by atoms with Crippen molar-refractivity contribution >= 4 is 0 Å². The Hall–Kier alpha value is -0.120. The predicted molar refractivity (Wildman–Crippen MR) is 42.0 cm³/mol. The summed E-state index contributed by atoms with van der Waals surface area (Å²) in [6.45, 7) is 6.27. The molecular formula is C7H16N3. The predicted octanol–water partition coefficient (Wildman–Crippen LogP) is -0.528. The number of nitrogens with zero attached hydrogens (tertiary/aromatic N) is 2. The van der Waals surface area contributed by atoms with E-state index in [1.165, 1.54) is 0 Å². The van der Waals surface area contributed by atoms with Crippen LogP contribution in [0.2, 0.25) is 0 Å². The number of hydrogen-bond donors (Lipinski definition) is 1. The lowest BCUT2D eigenvalue weighted by molar-refractivity contribution is 0.186. The molecule has 1 aliphatic heterocycles. The maximum absolute atomic E-state index is 4.46. The molecule has 3 heteroatoms. The summed E-state index contributed by atoms with van der Waals surface area (Å²) in [5, 5.41) is 7.78. The highest BCUT2D eigenvalue weighted by molar-refractivity contribution is 4.73. The smallest absolute Gasteiger partial charge is 0.0885 e. The third kappa shape index (κ3) is 1.94. The van der Waals surface area contributed by atoms with Crippen molar-refractivity contribution in [3.63, 3.8) is 0 Å². The van der Waals surface area contributed by atoms with E-state index >= 15 is 0 Å². The molecule has 0 bridgehead atoms. The van der Waals surface area contributed by atoms with Gasteiger partial charge in [-0.2, -0.15) is 0 Å². The first kappa shape index (κ1) is 7.98. The summed E-state index contributed by atoms with van der Waals surface area (Å²) in [6, 6.07) is 0. The molecule has 3 nitrogen and oxygen atoms in total. The number of nitrogens with one attached hydrogen (secondary N) is 1. The highest BCUT2D eigenvalue weighted by atomic mass is 15.3. The maximum Gasteiger partial charge on any atom is 0.0885 e. The zero-order chi connectivity index (χ0) is 7.40. The third-order valence-electron chi connectivity index (χ3n) is 1.96. The number of likely N-dealkylation sites (N-methyl/N-ethyl adjacent to an activating group) is 1. The van der Waals surface area contributed by atoms with Gasteiger partial charge in [-0.3, -0.25) is 4.90 Å². The SMILES string of the molecule is CCN(C)C1CNCC[N]1. The summed E-state index contributed by atoms with van der Waals surface area (Å²) in [6.07, 6.45) is 0.416. The fraction of sp³-hybridized carbons (Fsp3) is 1.00. The van der Waals surface area contributed by atoms with Crippen molar-refractivity contribution in [1.82, 2.24) is 15.5 Å². The van der Waals surface area contributed by atoms with Gasteiger partial charge in [-0.15, -0.1) is 0 Å². The molecule has 10 heavy (non-hydrogen) atoms. The molecule has 1 atom stereocenters. The number of hydrogen-bond acceptors (Lipinski definition) is 2. The molecule has 1 fully saturated rings. The summed E-state index contributed by atoms with van der Waals surface area (Å²) in [5.41, 5.74) is 0. The van der Waals surface area contributed by atoms with E-state index in [0.29, 0.717) is 6.17 Å². The molecule has 0 spiro atoms. The molecule has 0 aliphatic carbocycles. The fourth-order valence-electron chi connectivity index (χ4n) is 1.09. The van der Waals surface area contributed by atoms with Gasteiger partial charge in [0.05, 0.1) is 6.17 Å². The molecule has 0 amide bonds. The first-order valence-electron chi connectivity index (χ1n) is 3.92. The van der Waals surface area contributed by atoms with Crippen LogP contribution in [0.5, 0.6) is 0 Å². The topological polar surface area (TPSA) is 29.4 Å². The Morgan fingerprint density at radius 3 is 3.00 bits per heavy atom. The van der Waals surface area contributed by atoms with Crippen molar-refractivity contribution in [3.8, 4) is 0 Å². The van der Waals surface area contributed by atoms with Crippen LogP contribution in [-0.4, -0.2) is 44.3 Å². The first-order chi connectivity index (χ1) is 4.84. The second kappa shape index (κ2) is 3.91. The van der Waals surface area contributed by atoms with Gasteiger partial charge < -0.3 is 5.32 Å². The van der Waals surface area contributed by atoms with Crippen LogP contribution in [0.3, 0.4) is 0 Å². The Kier molecular flexibility index (Phi) is 3.12. The lowest BCUT2D eigenvalue weighted by Gasteiger charge is -2.30. The van der Waals surface area contributed by atoms with Crippen LogP contribution < -0.4 is 10.6 Å². The Labute approximate surface area is 62.8 Å². The van der Waals surface area contributed by atoms with Gasteiger partial charge >= 0.3 is 0 Å². The van der Waals surface area contributed by atoms with Crippen LogP contribution in [0.15, 0.2) is 0 Å². The molecule has 0 aromatic heterocycles. The van der Waals surface area contributed by atoms with Crippen LogP contribution in [-0.2, 0) is 0 Å². The Morgan fingerprint density at radius 2 is 2.50 bits per heavy atom. The summed E-state index contributed by atoms with van der Waals surface area (Å²) in [4.78, 5) is 2.26. The van der Waals surface area contributed by atoms with E-state index in [0.717, 1.165) is 26.2 Å². The Balaban J connectivity index is 2.24. The molecule has 59 valence electrons. The highest BCUT2D eigenvalue weighted by Crippen LogP contribution is 1.94. The molecule has 1 radical (unpaired) electrons. The molecule has 1 saturated heterocycles. The molecule has 1 heterocycles. The molecule has 0 saturated carbocycles. The quantitative estimate of drug-likeness (QED) is 0.562. The molecule has 1 N–H and O–H groups in total. The van der Waals surface area contributed by atoms with Crippen LogP contribution in [0.1, 0.15) is 6.92 Å². The molecule has 1 aliphatic rings. The maximum atomic E-state index is 4.46. The van der Waals surface area contributed by atoms with E-state index in [-0.39, 0.29) is 0 Å². The van der Waals surface area contributed by atoms with Gasteiger partial charge in [-0.05, 0) is 13.6 Å². The van der Waals surface area contributed by atoms with Crippen LogP contribution in [0, 0.1) is 0 Å². The molecule has 1 unspecified atom stereocenters. The van der Waals surface area contributed by atoms with Crippen molar-refractivity contribution in [2.45, 2.75) is 13.1 Å². The summed E-state index contributed by atoms with van der Waals surface area (Å²) < 4.78 is 0. The van der Waals surface area contributed by atoms with Gasteiger partial charge in [0.15, 0.2) is 0 Å². The zero-order valence-electron chi connectivity index (χ0n) is 6.80. The first-order valence-corrected chi connectivity index (χ1v) is 3.92. The largest absolute Gasteiger partial charge is 0.312 e. The van der Waals surface area contributed by atoms with E-state index in [2.05, 4.69) is 29.5 Å². The van der Waals surface area contributed by atoms with E-state index in [1.54, 1.807) is 0 Å². The molecule has 0 aromatic carbocycles. The minimum atomic E-state index is 0.416. The summed E-state index contributed by atoms with van der Waals surface area (Å²) in [5.74, 6) is 0. The lowest BCUT2D eigenvalue weighted by Crippen LogP contribution is -2.52. The van der Waals surface area contributed by atoms with Crippen molar-refractivity contribution in [2.24, 2.45) is 0 Å². The highest BCUT2D eigenvalue weighted by Gasteiger charge is 2.15. The summed E-state index contributed by atoms with van der Waals surface area (Å²) >= 11 is 0. The number of piperazine rings is 1. The van der Waals surface area contributed by atoms with Gasteiger partial charge in [0, 0.05) is 19.6 Å². The van der Waals surface area contributed by atoms with Gasteiger partial charge in [0.2, 0.25) is 0 Å². The van der Waals surface area contributed by atoms with E-state index < -0.39 is 0 Å². The average Bonchev–Trinajstić information content (AvgIpc) is 2.05. The zero-order valence-corrected chi connectivity index (χ0v) is 6.80. The van der Waals surface area contributed by atoms with Crippen molar-refractivity contribution in [2.75, 3.05) is 33.2 Å². The van der Waals surface area contributed by atoms with Crippen molar-refractivity contribution in [1.29, 1.82) is 0 Å². The average molecular weight is 142 g/mol. The van der Waals surface area contributed by atoms with Crippen molar-refractivity contribution in [3.05, 3.63) is 0 Å².